The molecule has 0 saturated carbocycles. The summed E-state index contributed by atoms with van der Waals surface area (Å²) in [5, 5.41) is 12.7. The molecule has 0 amide bonds. The van der Waals surface area contributed by atoms with E-state index in [4.69, 9.17) is 0 Å². The van der Waals surface area contributed by atoms with Crippen LogP contribution in [0.3, 0.4) is 0 Å². The lowest BCUT2D eigenvalue weighted by Gasteiger charge is -2.17. The third-order valence-electron chi connectivity index (χ3n) is 2.07. The van der Waals surface area contributed by atoms with Crippen LogP contribution in [0.5, 0.6) is 0 Å². The smallest absolute Gasteiger partial charge is 0.0715 e. The second-order valence-electron chi connectivity index (χ2n) is 4.37. The highest BCUT2D eigenvalue weighted by Crippen LogP contribution is 2.20. The van der Waals surface area contributed by atoms with Gasteiger partial charge in [-0.1, -0.05) is 0 Å². The molecule has 0 atom stereocenters. The zero-order valence-electron chi connectivity index (χ0n) is 9.35. The average molecular weight is 213 g/mol. The summed E-state index contributed by atoms with van der Waals surface area (Å²) in [4.78, 5) is 2.72. The molecular weight excluding hydrogens is 194 g/mol. The maximum absolute atomic E-state index is 9.50. The molecule has 80 valence electrons. The van der Waals surface area contributed by atoms with E-state index < -0.39 is 5.60 Å². The van der Waals surface area contributed by atoms with E-state index in [1.807, 2.05) is 25.2 Å². The molecule has 0 unspecified atom stereocenters. The minimum Gasteiger partial charge on any atom is -0.389 e. The lowest BCUT2D eigenvalue weighted by atomic mass is 10.1. The van der Waals surface area contributed by atoms with Gasteiger partial charge in [0.2, 0.25) is 0 Å². The lowest BCUT2D eigenvalue weighted by Crippen LogP contribution is -2.34. The Kier molecular flexibility index (Phi) is 3.70. The van der Waals surface area contributed by atoms with Crippen LogP contribution in [0.1, 0.15) is 29.2 Å². The monoisotopic (exact) mass is 213 g/mol. The summed E-state index contributed by atoms with van der Waals surface area (Å²) in [6.45, 7) is 9.37. The molecule has 0 aromatic carbocycles. The summed E-state index contributed by atoms with van der Waals surface area (Å²) >= 11 is 1.82. The van der Waals surface area contributed by atoms with Gasteiger partial charge in [-0.3, -0.25) is 0 Å². The van der Waals surface area contributed by atoms with Crippen molar-refractivity contribution in [3.05, 3.63) is 21.4 Å². The summed E-state index contributed by atoms with van der Waals surface area (Å²) in [7, 11) is 0. The molecule has 0 saturated heterocycles. The molecule has 0 bridgehead atoms. The van der Waals surface area contributed by atoms with Gasteiger partial charge in [0, 0.05) is 22.8 Å². The summed E-state index contributed by atoms with van der Waals surface area (Å²) in [5.74, 6) is 0. The topological polar surface area (TPSA) is 32.3 Å². The third-order valence-corrected chi connectivity index (χ3v) is 3.23. The van der Waals surface area contributed by atoms with Gasteiger partial charge in [-0.15, -0.1) is 11.3 Å². The third kappa shape index (κ3) is 3.78. The molecule has 0 aliphatic carbocycles. The fraction of sp³-hybridized carbons (Fsp3) is 0.636. The Balaban J connectivity index is 2.39. The van der Waals surface area contributed by atoms with Crippen molar-refractivity contribution in [1.29, 1.82) is 0 Å². The molecule has 0 fully saturated rings. The number of hydrogen-bond donors (Lipinski definition) is 2. The van der Waals surface area contributed by atoms with E-state index in [2.05, 4.69) is 25.2 Å². The van der Waals surface area contributed by atoms with E-state index in [9.17, 15) is 5.11 Å². The first kappa shape index (κ1) is 11.7. The first-order valence-electron chi connectivity index (χ1n) is 4.87. The molecule has 3 heteroatoms. The maximum Gasteiger partial charge on any atom is 0.0715 e. The van der Waals surface area contributed by atoms with Crippen molar-refractivity contribution >= 4 is 11.3 Å². The van der Waals surface area contributed by atoms with Crippen LogP contribution in [0.15, 0.2) is 6.07 Å². The van der Waals surface area contributed by atoms with Crippen LogP contribution in [-0.2, 0) is 6.54 Å². The van der Waals surface area contributed by atoms with Crippen molar-refractivity contribution in [2.75, 3.05) is 6.54 Å². The highest BCUT2D eigenvalue weighted by molar-refractivity contribution is 7.12. The molecule has 0 aliphatic heterocycles. The Morgan fingerprint density at radius 2 is 2.07 bits per heavy atom. The highest BCUT2D eigenvalue weighted by atomic mass is 32.1. The van der Waals surface area contributed by atoms with Gasteiger partial charge in [0.15, 0.2) is 0 Å². The number of rotatable bonds is 4. The molecule has 1 heterocycles. The first-order chi connectivity index (χ1) is 6.38. The Morgan fingerprint density at radius 1 is 1.43 bits per heavy atom. The van der Waals surface area contributed by atoms with E-state index >= 15 is 0 Å². The van der Waals surface area contributed by atoms with Crippen molar-refractivity contribution in [3.8, 4) is 0 Å². The summed E-state index contributed by atoms with van der Waals surface area (Å²) in [5.41, 5.74) is 0.733. The van der Waals surface area contributed by atoms with Gasteiger partial charge in [0.05, 0.1) is 5.60 Å². The predicted molar refractivity (Wildman–Crippen MR) is 61.8 cm³/mol. The fourth-order valence-electron chi connectivity index (χ4n) is 1.23. The number of nitrogens with one attached hydrogen (secondary N) is 1. The molecule has 2 N–H and O–H groups in total. The van der Waals surface area contributed by atoms with Gasteiger partial charge in [-0.05, 0) is 39.3 Å². The van der Waals surface area contributed by atoms with Crippen LogP contribution in [0.4, 0.5) is 0 Å². The zero-order chi connectivity index (χ0) is 10.8. The Hall–Kier alpha value is -0.380. The average Bonchev–Trinajstić information content (AvgIpc) is 2.28. The second kappa shape index (κ2) is 4.43. The normalized spacial score (nSPS) is 12.1. The SMILES string of the molecule is Cc1cc(CNCC(C)(C)O)sc1C. The quantitative estimate of drug-likeness (QED) is 0.804. The Labute approximate surface area is 90.0 Å². The largest absolute Gasteiger partial charge is 0.389 e. The number of aryl methyl sites for hydroxylation is 2. The Bertz CT molecular complexity index is 279. The first-order valence-corrected chi connectivity index (χ1v) is 5.69. The van der Waals surface area contributed by atoms with Crippen LogP contribution in [0, 0.1) is 13.8 Å². The van der Waals surface area contributed by atoms with Gasteiger partial charge >= 0.3 is 0 Å². The van der Waals surface area contributed by atoms with Gasteiger partial charge < -0.3 is 10.4 Å². The maximum atomic E-state index is 9.50. The number of thiophene rings is 1. The van der Waals surface area contributed by atoms with Crippen LogP contribution in [-0.4, -0.2) is 17.3 Å². The standard InChI is InChI=1S/C11H19NOS/c1-8-5-10(14-9(8)2)6-12-7-11(3,4)13/h5,12-13H,6-7H2,1-4H3. The summed E-state index contributed by atoms with van der Waals surface area (Å²) in [6, 6.07) is 2.21. The van der Waals surface area contributed by atoms with Crippen molar-refractivity contribution in [1.82, 2.24) is 5.32 Å². The van der Waals surface area contributed by atoms with Gasteiger partial charge in [0.1, 0.15) is 0 Å². The van der Waals surface area contributed by atoms with Crippen LogP contribution >= 0.6 is 11.3 Å². The van der Waals surface area contributed by atoms with Gasteiger partial charge in [-0.25, -0.2) is 0 Å². The van der Waals surface area contributed by atoms with Crippen LogP contribution < -0.4 is 5.32 Å². The molecular formula is C11H19NOS. The molecule has 2 nitrogen and oxygen atoms in total. The molecule has 14 heavy (non-hydrogen) atoms. The fourth-order valence-corrected chi connectivity index (χ4v) is 2.25. The molecule has 0 aliphatic rings. The summed E-state index contributed by atoms with van der Waals surface area (Å²) < 4.78 is 0. The number of hydrogen-bond acceptors (Lipinski definition) is 3. The van der Waals surface area contributed by atoms with Crippen molar-refractivity contribution < 1.29 is 5.11 Å². The van der Waals surface area contributed by atoms with Crippen molar-refractivity contribution in [3.63, 3.8) is 0 Å². The van der Waals surface area contributed by atoms with Crippen LogP contribution in [0.25, 0.3) is 0 Å². The zero-order valence-corrected chi connectivity index (χ0v) is 10.2. The Morgan fingerprint density at radius 3 is 2.50 bits per heavy atom. The molecule has 1 rings (SSSR count). The minimum absolute atomic E-state index is 0.624. The van der Waals surface area contributed by atoms with E-state index in [-0.39, 0.29) is 0 Å². The van der Waals surface area contributed by atoms with Crippen LogP contribution in [0.2, 0.25) is 0 Å². The van der Waals surface area contributed by atoms with E-state index in [1.54, 1.807) is 0 Å². The van der Waals surface area contributed by atoms with Gasteiger partial charge in [-0.2, -0.15) is 0 Å². The minimum atomic E-state index is -0.624. The molecule has 1 aromatic heterocycles. The van der Waals surface area contributed by atoms with Gasteiger partial charge in [0.25, 0.3) is 0 Å². The second-order valence-corrected chi connectivity index (χ2v) is 5.71. The number of aliphatic hydroxyl groups is 1. The van der Waals surface area contributed by atoms with E-state index in [0.717, 1.165) is 6.54 Å². The van der Waals surface area contributed by atoms with E-state index in [1.165, 1.54) is 15.3 Å². The predicted octanol–water partition coefficient (Wildman–Crippen LogP) is 2.23. The van der Waals surface area contributed by atoms with Crippen molar-refractivity contribution in [2.45, 2.75) is 39.8 Å². The molecule has 0 radical (unpaired) electrons. The van der Waals surface area contributed by atoms with E-state index in [0.29, 0.717) is 6.54 Å². The highest BCUT2D eigenvalue weighted by Gasteiger charge is 2.11. The lowest BCUT2D eigenvalue weighted by molar-refractivity contribution is 0.0796. The molecule has 1 aromatic rings. The summed E-state index contributed by atoms with van der Waals surface area (Å²) in [6.07, 6.45) is 0. The van der Waals surface area contributed by atoms with Crippen molar-refractivity contribution in [2.24, 2.45) is 0 Å². The molecule has 0 spiro atoms.